The molecule has 4 heteroatoms. The molecule has 0 radical (unpaired) electrons. The van der Waals surface area contributed by atoms with Gasteiger partial charge in [0.25, 0.3) is 0 Å². The highest BCUT2D eigenvalue weighted by molar-refractivity contribution is 5.81. The average molecular weight is 222 g/mol. The minimum absolute atomic E-state index is 0.169. The maximum Gasteiger partial charge on any atom is 0.239 e. The molecule has 0 saturated carbocycles. The highest BCUT2D eigenvalue weighted by atomic mass is 16.5. The van der Waals surface area contributed by atoms with Crippen molar-refractivity contribution in [1.29, 1.82) is 0 Å². The number of hydrogen-bond acceptors (Lipinski definition) is 3. The summed E-state index contributed by atoms with van der Waals surface area (Å²) in [7, 11) is 1.52. The van der Waals surface area contributed by atoms with Crippen LogP contribution in [0.15, 0.2) is 30.3 Å². The molecule has 0 heterocycles. The molecule has 88 valence electrons. The van der Waals surface area contributed by atoms with Gasteiger partial charge in [-0.2, -0.15) is 0 Å². The first kappa shape index (κ1) is 12.7. The Balaban J connectivity index is 2.23. The number of nitrogens with one attached hydrogen (secondary N) is 1. The van der Waals surface area contributed by atoms with E-state index in [1.54, 1.807) is 0 Å². The number of rotatable bonds is 6. The van der Waals surface area contributed by atoms with Crippen molar-refractivity contribution >= 4 is 5.91 Å². The van der Waals surface area contributed by atoms with Gasteiger partial charge in [0.1, 0.15) is 6.04 Å². The van der Waals surface area contributed by atoms with Crippen molar-refractivity contribution in [2.75, 3.05) is 20.3 Å². The molecule has 1 aromatic rings. The molecule has 4 nitrogen and oxygen atoms in total. The third-order valence-electron chi connectivity index (χ3n) is 2.24. The molecule has 0 spiro atoms. The number of amides is 1. The van der Waals surface area contributed by atoms with E-state index in [0.717, 1.165) is 6.42 Å². The second kappa shape index (κ2) is 6.98. The lowest BCUT2D eigenvalue weighted by atomic mass is 10.1. The summed E-state index contributed by atoms with van der Waals surface area (Å²) in [6, 6.07) is 9.40. The van der Waals surface area contributed by atoms with Crippen LogP contribution in [0.1, 0.15) is 5.56 Å². The van der Waals surface area contributed by atoms with Crippen LogP contribution in [0.25, 0.3) is 0 Å². The van der Waals surface area contributed by atoms with E-state index in [-0.39, 0.29) is 12.5 Å². The normalized spacial score (nSPS) is 12.1. The van der Waals surface area contributed by atoms with E-state index >= 15 is 0 Å². The fraction of sp³-hybridized carbons (Fsp3) is 0.417. The molecule has 1 amide bonds. The standard InChI is InChI=1S/C12H18N2O2/c1-16-9-11(13)12(15)14-8-7-10-5-3-2-4-6-10/h2-6,11H,7-9,13H2,1H3,(H,14,15). The van der Waals surface area contributed by atoms with Crippen molar-refractivity contribution in [3.8, 4) is 0 Å². The van der Waals surface area contributed by atoms with E-state index < -0.39 is 6.04 Å². The summed E-state index contributed by atoms with van der Waals surface area (Å²) in [6.07, 6.45) is 0.812. The van der Waals surface area contributed by atoms with Crippen LogP contribution in [0.5, 0.6) is 0 Å². The molecule has 1 rings (SSSR count). The molecule has 1 unspecified atom stereocenters. The van der Waals surface area contributed by atoms with E-state index in [4.69, 9.17) is 10.5 Å². The van der Waals surface area contributed by atoms with Gasteiger partial charge in [0.05, 0.1) is 6.61 Å². The lowest BCUT2D eigenvalue weighted by Crippen LogP contribution is -2.44. The lowest BCUT2D eigenvalue weighted by molar-refractivity contribution is -0.123. The van der Waals surface area contributed by atoms with Gasteiger partial charge in [-0.1, -0.05) is 30.3 Å². The highest BCUT2D eigenvalue weighted by Crippen LogP contribution is 1.98. The summed E-state index contributed by atoms with van der Waals surface area (Å²) < 4.78 is 4.80. The number of benzene rings is 1. The molecular formula is C12H18N2O2. The highest BCUT2D eigenvalue weighted by Gasteiger charge is 2.11. The minimum Gasteiger partial charge on any atom is -0.383 e. The van der Waals surface area contributed by atoms with Crippen LogP contribution in [0.3, 0.4) is 0 Å². The molecule has 0 fully saturated rings. The second-order valence-corrected chi connectivity index (χ2v) is 3.59. The van der Waals surface area contributed by atoms with E-state index in [1.165, 1.54) is 12.7 Å². The van der Waals surface area contributed by atoms with Crippen molar-refractivity contribution < 1.29 is 9.53 Å². The SMILES string of the molecule is COCC(N)C(=O)NCCc1ccccc1. The second-order valence-electron chi connectivity index (χ2n) is 3.59. The third-order valence-corrected chi connectivity index (χ3v) is 2.24. The number of ether oxygens (including phenoxy) is 1. The zero-order chi connectivity index (χ0) is 11.8. The van der Waals surface area contributed by atoms with Crippen LogP contribution in [-0.4, -0.2) is 32.2 Å². The molecule has 0 bridgehead atoms. The summed E-state index contributed by atoms with van der Waals surface area (Å²) in [6.45, 7) is 0.845. The van der Waals surface area contributed by atoms with Gasteiger partial charge in [0.15, 0.2) is 0 Å². The zero-order valence-corrected chi connectivity index (χ0v) is 9.48. The Morgan fingerprint density at radius 1 is 1.44 bits per heavy atom. The van der Waals surface area contributed by atoms with Crippen molar-refractivity contribution in [3.05, 3.63) is 35.9 Å². The maximum absolute atomic E-state index is 11.4. The van der Waals surface area contributed by atoms with Crippen LogP contribution in [0.2, 0.25) is 0 Å². The minimum atomic E-state index is -0.583. The quantitative estimate of drug-likeness (QED) is 0.728. The smallest absolute Gasteiger partial charge is 0.239 e. The first-order valence-corrected chi connectivity index (χ1v) is 5.30. The van der Waals surface area contributed by atoms with Crippen LogP contribution < -0.4 is 11.1 Å². The Bertz CT molecular complexity index is 314. The van der Waals surface area contributed by atoms with Crippen molar-refractivity contribution in [2.45, 2.75) is 12.5 Å². The Hall–Kier alpha value is -1.39. The Labute approximate surface area is 95.8 Å². The molecule has 1 aromatic carbocycles. The molecule has 0 aliphatic heterocycles. The van der Waals surface area contributed by atoms with Gasteiger partial charge in [-0.05, 0) is 12.0 Å². The van der Waals surface area contributed by atoms with Gasteiger partial charge in [-0.25, -0.2) is 0 Å². The average Bonchev–Trinajstić information content (AvgIpc) is 2.30. The third kappa shape index (κ3) is 4.42. The number of hydrogen-bond donors (Lipinski definition) is 2. The fourth-order valence-electron chi connectivity index (χ4n) is 1.36. The number of carbonyl (C=O) groups excluding carboxylic acids is 1. The molecular weight excluding hydrogens is 204 g/mol. The molecule has 3 N–H and O–H groups in total. The van der Waals surface area contributed by atoms with Crippen LogP contribution in [0, 0.1) is 0 Å². The molecule has 1 atom stereocenters. The molecule has 0 aliphatic rings. The van der Waals surface area contributed by atoms with Gasteiger partial charge in [0.2, 0.25) is 5.91 Å². The van der Waals surface area contributed by atoms with E-state index in [2.05, 4.69) is 5.32 Å². The van der Waals surface area contributed by atoms with Gasteiger partial charge >= 0.3 is 0 Å². The summed E-state index contributed by atoms with van der Waals surface area (Å²) in [5, 5.41) is 2.77. The predicted molar refractivity (Wildman–Crippen MR) is 63.0 cm³/mol. The summed E-state index contributed by atoms with van der Waals surface area (Å²) in [5.41, 5.74) is 6.77. The number of nitrogens with two attached hydrogens (primary N) is 1. The number of methoxy groups -OCH3 is 1. The predicted octanol–water partition coefficient (Wildman–Crippen LogP) is 0.319. The van der Waals surface area contributed by atoms with Crippen LogP contribution in [0.4, 0.5) is 0 Å². The van der Waals surface area contributed by atoms with E-state index in [9.17, 15) is 4.79 Å². The van der Waals surface area contributed by atoms with Gasteiger partial charge in [-0.15, -0.1) is 0 Å². The Morgan fingerprint density at radius 2 is 2.12 bits per heavy atom. The first-order valence-electron chi connectivity index (χ1n) is 5.30. The molecule has 0 aliphatic carbocycles. The van der Waals surface area contributed by atoms with E-state index in [1.807, 2.05) is 30.3 Å². The largest absolute Gasteiger partial charge is 0.383 e. The summed E-state index contributed by atoms with van der Waals surface area (Å²) in [5.74, 6) is -0.169. The van der Waals surface area contributed by atoms with Crippen molar-refractivity contribution in [3.63, 3.8) is 0 Å². The van der Waals surface area contributed by atoms with Gasteiger partial charge < -0.3 is 15.8 Å². The maximum atomic E-state index is 11.4. The van der Waals surface area contributed by atoms with Crippen LogP contribution >= 0.6 is 0 Å². The van der Waals surface area contributed by atoms with Crippen molar-refractivity contribution in [1.82, 2.24) is 5.32 Å². The van der Waals surface area contributed by atoms with Gasteiger partial charge in [0, 0.05) is 13.7 Å². The molecule has 0 saturated heterocycles. The monoisotopic (exact) mass is 222 g/mol. The van der Waals surface area contributed by atoms with Crippen molar-refractivity contribution in [2.24, 2.45) is 5.73 Å². The topological polar surface area (TPSA) is 64.3 Å². The number of carbonyl (C=O) groups is 1. The first-order chi connectivity index (χ1) is 7.74. The Morgan fingerprint density at radius 3 is 2.75 bits per heavy atom. The summed E-state index contributed by atoms with van der Waals surface area (Å²) in [4.78, 5) is 11.4. The lowest BCUT2D eigenvalue weighted by Gasteiger charge is -2.10. The molecule has 16 heavy (non-hydrogen) atoms. The Kier molecular flexibility index (Phi) is 5.53. The summed E-state index contributed by atoms with van der Waals surface area (Å²) >= 11 is 0. The van der Waals surface area contributed by atoms with Gasteiger partial charge in [-0.3, -0.25) is 4.79 Å². The van der Waals surface area contributed by atoms with Crippen LogP contribution in [-0.2, 0) is 16.0 Å². The van der Waals surface area contributed by atoms with E-state index in [0.29, 0.717) is 6.54 Å². The fourth-order valence-corrected chi connectivity index (χ4v) is 1.36. The molecule has 0 aromatic heterocycles. The zero-order valence-electron chi connectivity index (χ0n) is 9.48.